The van der Waals surface area contributed by atoms with Crippen LogP contribution in [0.1, 0.15) is 59.3 Å². The lowest BCUT2D eigenvalue weighted by Crippen LogP contribution is -1.92. The zero-order chi connectivity index (χ0) is 8.53. The summed E-state index contributed by atoms with van der Waals surface area (Å²) in [5.74, 6) is 0. The van der Waals surface area contributed by atoms with Crippen LogP contribution in [0.5, 0.6) is 0 Å². The van der Waals surface area contributed by atoms with E-state index in [-0.39, 0.29) is 0 Å². The molecular formula is C11H22. The maximum absolute atomic E-state index is 2.40. The van der Waals surface area contributed by atoms with Crippen LogP contribution in [-0.4, -0.2) is 0 Å². The van der Waals surface area contributed by atoms with Gasteiger partial charge < -0.3 is 0 Å². The van der Waals surface area contributed by atoms with Gasteiger partial charge >= 0.3 is 0 Å². The van der Waals surface area contributed by atoms with Crippen LogP contribution in [-0.2, 0) is 0 Å². The molecule has 1 saturated carbocycles. The van der Waals surface area contributed by atoms with E-state index in [1.165, 1.54) is 38.5 Å². The average Bonchev–Trinajstić information content (AvgIpc) is 2.11. The number of allylic oxidation sites excluding steroid dienone is 2. The Balaban J connectivity index is 0.000000461. The maximum Gasteiger partial charge on any atom is -0.0320 e. The Kier molecular flexibility index (Phi) is 7.66. The Labute approximate surface area is 71.7 Å². The molecule has 0 nitrogen and oxygen atoms in total. The minimum atomic E-state index is 1.23. The molecule has 0 atom stereocenters. The predicted octanol–water partition coefficient (Wildman–Crippen LogP) is 4.31. The van der Waals surface area contributed by atoms with Gasteiger partial charge in [0.1, 0.15) is 0 Å². The normalized spacial score (nSPS) is 16.8. The summed E-state index contributed by atoms with van der Waals surface area (Å²) in [4.78, 5) is 0. The molecule has 1 aliphatic rings. The molecule has 0 aromatic rings. The highest BCUT2D eigenvalue weighted by atomic mass is 14.1. The second-order valence-electron chi connectivity index (χ2n) is 2.83. The zero-order valence-electron chi connectivity index (χ0n) is 8.32. The molecule has 0 aromatic heterocycles. The summed E-state index contributed by atoms with van der Waals surface area (Å²) in [6.45, 7) is 6.22. The summed E-state index contributed by atoms with van der Waals surface area (Å²) in [5, 5.41) is 0. The van der Waals surface area contributed by atoms with Crippen molar-refractivity contribution >= 4 is 0 Å². The second-order valence-corrected chi connectivity index (χ2v) is 2.83. The molecule has 0 bridgehead atoms. The van der Waals surface area contributed by atoms with Gasteiger partial charge in [-0.15, -0.1) is 0 Å². The smallest absolute Gasteiger partial charge is 0.0320 e. The molecule has 0 radical (unpaired) electrons. The minimum absolute atomic E-state index is 1.23. The van der Waals surface area contributed by atoms with E-state index in [4.69, 9.17) is 0 Å². The van der Waals surface area contributed by atoms with Crippen molar-refractivity contribution in [3.8, 4) is 0 Å². The van der Waals surface area contributed by atoms with Crippen LogP contribution in [0, 0.1) is 0 Å². The van der Waals surface area contributed by atoms with Crippen molar-refractivity contribution < 1.29 is 0 Å². The highest BCUT2D eigenvalue weighted by molar-refractivity contribution is 5.03. The third kappa shape index (κ3) is 5.06. The standard InChI is InChI=1S/C9H16.C2H6/c1-2-6-9-7-4-3-5-8-9;1-2/h6H,2-5,7-8H2,1H3;1-2H3. The summed E-state index contributed by atoms with van der Waals surface area (Å²) in [5.41, 5.74) is 1.71. The van der Waals surface area contributed by atoms with E-state index in [2.05, 4.69) is 13.0 Å². The molecule has 0 N–H and O–H groups in total. The fraction of sp³-hybridized carbons (Fsp3) is 0.818. The molecule has 66 valence electrons. The maximum atomic E-state index is 2.40. The number of hydrogen-bond donors (Lipinski definition) is 0. The van der Waals surface area contributed by atoms with E-state index in [0.29, 0.717) is 0 Å². The molecule has 0 saturated heterocycles. The molecule has 0 heterocycles. The van der Waals surface area contributed by atoms with Crippen LogP contribution in [0.25, 0.3) is 0 Å². The van der Waals surface area contributed by atoms with E-state index in [1.54, 1.807) is 5.57 Å². The van der Waals surface area contributed by atoms with Crippen molar-refractivity contribution in [3.63, 3.8) is 0 Å². The largest absolute Gasteiger partial charge is 0.0856 e. The van der Waals surface area contributed by atoms with Crippen molar-refractivity contribution in [3.05, 3.63) is 11.6 Å². The van der Waals surface area contributed by atoms with Crippen molar-refractivity contribution in [1.82, 2.24) is 0 Å². The Morgan fingerprint density at radius 1 is 1.09 bits per heavy atom. The van der Waals surface area contributed by atoms with Gasteiger partial charge in [-0.05, 0) is 32.1 Å². The van der Waals surface area contributed by atoms with Crippen molar-refractivity contribution in [1.29, 1.82) is 0 Å². The third-order valence-corrected chi connectivity index (χ3v) is 1.99. The molecule has 1 fully saturated rings. The van der Waals surface area contributed by atoms with Gasteiger partial charge in [-0.3, -0.25) is 0 Å². The first kappa shape index (κ1) is 10.7. The Bertz CT molecular complexity index is 92.6. The first-order valence-electron chi connectivity index (χ1n) is 5.11. The van der Waals surface area contributed by atoms with Crippen LogP contribution < -0.4 is 0 Å². The van der Waals surface area contributed by atoms with Gasteiger partial charge in [0.25, 0.3) is 0 Å². The summed E-state index contributed by atoms with van der Waals surface area (Å²) in [6, 6.07) is 0. The Hall–Kier alpha value is -0.260. The minimum Gasteiger partial charge on any atom is -0.0856 e. The van der Waals surface area contributed by atoms with Crippen LogP contribution in [0.2, 0.25) is 0 Å². The molecule has 0 heteroatoms. The first-order valence-corrected chi connectivity index (χ1v) is 5.11. The topological polar surface area (TPSA) is 0 Å². The van der Waals surface area contributed by atoms with Gasteiger partial charge in [-0.25, -0.2) is 0 Å². The van der Waals surface area contributed by atoms with Gasteiger partial charge in [0, 0.05) is 0 Å². The van der Waals surface area contributed by atoms with Gasteiger partial charge in [-0.1, -0.05) is 38.8 Å². The van der Waals surface area contributed by atoms with E-state index >= 15 is 0 Å². The van der Waals surface area contributed by atoms with Gasteiger partial charge in [0.15, 0.2) is 0 Å². The molecule has 0 amide bonds. The third-order valence-electron chi connectivity index (χ3n) is 1.99. The molecule has 11 heavy (non-hydrogen) atoms. The highest BCUT2D eigenvalue weighted by Gasteiger charge is 2.02. The lowest BCUT2D eigenvalue weighted by atomic mass is 9.94. The van der Waals surface area contributed by atoms with E-state index < -0.39 is 0 Å². The number of hydrogen-bond acceptors (Lipinski definition) is 0. The van der Waals surface area contributed by atoms with E-state index in [9.17, 15) is 0 Å². The summed E-state index contributed by atoms with van der Waals surface area (Å²) in [7, 11) is 0. The van der Waals surface area contributed by atoms with Crippen LogP contribution in [0.3, 0.4) is 0 Å². The average molecular weight is 154 g/mol. The van der Waals surface area contributed by atoms with E-state index in [1.807, 2.05) is 13.8 Å². The molecule has 1 rings (SSSR count). The lowest BCUT2D eigenvalue weighted by Gasteiger charge is -2.12. The number of rotatable bonds is 1. The molecule has 0 unspecified atom stereocenters. The first-order chi connectivity index (χ1) is 5.43. The molecule has 0 spiro atoms. The Morgan fingerprint density at radius 2 is 1.64 bits per heavy atom. The van der Waals surface area contributed by atoms with Crippen LogP contribution in [0.15, 0.2) is 11.6 Å². The van der Waals surface area contributed by atoms with Crippen molar-refractivity contribution in [2.75, 3.05) is 0 Å². The molecule has 0 aromatic carbocycles. The van der Waals surface area contributed by atoms with Crippen molar-refractivity contribution in [2.24, 2.45) is 0 Å². The predicted molar refractivity (Wildman–Crippen MR) is 52.8 cm³/mol. The monoisotopic (exact) mass is 154 g/mol. The fourth-order valence-electron chi connectivity index (χ4n) is 1.50. The summed E-state index contributed by atoms with van der Waals surface area (Å²) in [6.07, 6.45) is 10.7. The van der Waals surface area contributed by atoms with Gasteiger partial charge in [-0.2, -0.15) is 0 Å². The fourth-order valence-corrected chi connectivity index (χ4v) is 1.50. The van der Waals surface area contributed by atoms with Gasteiger partial charge in [0.05, 0.1) is 0 Å². The SMILES string of the molecule is CC.CCC=C1CCCCC1. The highest BCUT2D eigenvalue weighted by Crippen LogP contribution is 2.22. The lowest BCUT2D eigenvalue weighted by molar-refractivity contribution is 0.596. The molecule has 0 aliphatic heterocycles. The van der Waals surface area contributed by atoms with Crippen molar-refractivity contribution in [2.45, 2.75) is 59.3 Å². The zero-order valence-corrected chi connectivity index (χ0v) is 8.32. The Morgan fingerprint density at radius 3 is 2.09 bits per heavy atom. The molecule has 1 aliphatic carbocycles. The second kappa shape index (κ2) is 7.84. The summed E-state index contributed by atoms with van der Waals surface area (Å²) >= 11 is 0. The summed E-state index contributed by atoms with van der Waals surface area (Å²) < 4.78 is 0. The van der Waals surface area contributed by atoms with Gasteiger partial charge in [0.2, 0.25) is 0 Å². The van der Waals surface area contributed by atoms with E-state index in [0.717, 1.165) is 0 Å². The quantitative estimate of drug-likeness (QED) is 0.494. The van der Waals surface area contributed by atoms with Crippen LogP contribution in [0.4, 0.5) is 0 Å². The molecular weight excluding hydrogens is 132 g/mol. The van der Waals surface area contributed by atoms with Crippen LogP contribution >= 0.6 is 0 Å².